The summed E-state index contributed by atoms with van der Waals surface area (Å²) in [6.07, 6.45) is 0. The number of piperazine rings is 1. The number of oxazole rings is 1. The number of nitrogens with zero attached hydrogens (tertiary/aromatic N) is 4. The maximum atomic E-state index is 13.9. The molecule has 0 atom stereocenters. The fourth-order valence-corrected chi connectivity index (χ4v) is 3.22. The molecule has 1 saturated heterocycles. The molecular formula is C18H17FN4O4. The molecule has 0 radical (unpaired) electrons. The molecule has 0 saturated carbocycles. The molecule has 4 rings (SSSR count). The fraction of sp³-hybridized carbons (Fsp3) is 0.278. The average molecular weight is 372 g/mol. The van der Waals surface area contributed by atoms with E-state index in [1.165, 1.54) is 13.2 Å². The molecular weight excluding hydrogens is 355 g/mol. The Balaban J connectivity index is 1.56. The van der Waals surface area contributed by atoms with E-state index in [9.17, 15) is 14.5 Å². The topological polar surface area (TPSA) is 84.9 Å². The summed E-state index contributed by atoms with van der Waals surface area (Å²) in [5.74, 6) is -0.768. The number of para-hydroxylation sites is 2. The van der Waals surface area contributed by atoms with Gasteiger partial charge in [0.2, 0.25) is 0 Å². The van der Waals surface area contributed by atoms with E-state index < -0.39 is 10.7 Å². The van der Waals surface area contributed by atoms with Gasteiger partial charge < -0.3 is 19.0 Å². The second kappa shape index (κ2) is 6.75. The minimum absolute atomic E-state index is 0.0167. The van der Waals surface area contributed by atoms with Gasteiger partial charge in [-0.25, -0.2) is 4.39 Å². The van der Waals surface area contributed by atoms with Crippen molar-refractivity contribution in [3.63, 3.8) is 0 Å². The number of nitro benzene ring substituents is 1. The molecule has 0 amide bonds. The summed E-state index contributed by atoms with van der Waals surface area (Å²) in [6, 6.07) is 10.3. The molecule has 2 heterocycles. The van der Waals surface area contributed by atoms with Crippen LogP contribution in [-0.4, -0.2) is 43.2 Å². The quantitative estimate of drug-likeness (QED) is 0.513. The van der Waals surface area contributed by atoms with Crippen LogP contribution < -0.4 is 14.5 Å². The lowest BCUT2D eigenvalue weighted by Crippen LogP contribution is -2.46. The van der Waals surface area contributed by atoms with E-state index in [0.29, 0.717) is 43.5 Å². The Labute approximate surface area is 153 Å². The molecule has 0 bridgehead atoms. The second-order valence-electron chi connectivity index (χ2n) is 6.17. The number of benzene rings is 2. The molecule has 0 aliphatic carbocycles. The SMILES string of the molecule is COc1cc(N2CCN(c3nc4ccccc4o3)CC2)c([N+](=O)[O-])cc1F. The Kier molecular flexibility index (Phi) is 4.27. The molecule has 1 aliphatic heterocycles. The molecule has 1 aliphatic rings. The van der Waals surface area contributed by atoms with Gasteiger partial charge in [0.05, 0.1) is 18.1 Å². The van der Waals surface area contributed by atoms with Gasteiger partial charge in [-0.15, -0.1) is 0 Å². The van der Waals surface area contributed by atoms with Crippen molar-refractivity contribution in [1.29, 1.82) is 0 Å². The predicted octanol–water partition coefficient (Wildman–Crippen LogP) is 3.21. The molecule has 0 spiro atoms. The van der Waals surface area contributed by atoms with Crippen LogP contribution in [0, 0.1) is 15.9 Å². The number of ether oxygens (including phenoxy) is 1. The van der Waals surface area contributed by atoms with E-state index in [0.717, 1.165) is 11.6 Å². The number of rotatable bonds is 4. The van der Waals surface area contributed by atoms with Crippen LogP contribution in [-0.2, 0) is 0 Å². The van der Waals surface area contributed by atoms with Gasteiger partial charge in [-0.3, -0.25) is 10.1 Å². The summed E-state index contributed by atoms with van der Waals surface area (Å²) >= 11 is 0. The van der Waals surface area contributed by atoms with Crippen LogP contribution >= 0.6 is 0 Å². The maximum Gasteiger partial charge on any atom is 0.298 e. The highest BCUT2D eigenvalue weighted by Crippen LogP contribution is 2.35. The summed E-state index contributed by atoms with van der Waals surface area (Å²) in [6.45, 7) is 2.16. The smallest absolute Gasteiger partial charge is 0.298 e. The third-order valence-corrected chi connectivity index (χ3v) is 4.62. The molecule has 3 aromatic rings. The highest BCUT2D eigenvalue weighted by Gasteiger charge is 2.27. The second-order valence-corrected chi connectivity index (χ2v) is 6.17. The summed E-state index contributed by atoms with van der Waals surface area (Å²) in [5.41, 5.74) is 1.57. The van der Waals surface area contributed by atoms with E-state index in [1.54, 1.807) is 0 Å². The standard InChI is InChI=1S/C18H17FN4O4/c1-26-17-11-14(15(23(24)25)10-12(17)19)21-6-8-22(9-7-21)18-20-13-4-2-3-5-16(13)27-18/h2-5,10-11H,6-9H2,1H3. The molecule has 1 fully saturated rings. The van der Waals surface area contributed by atoms with Gasteiger partial charge in [-0.05, 0) is 12.1 Å². The average Bonchev–Trinajstić information content (AvgIpc) is 3.12. The number of anilines is 2. The third kappa shape index (κ3) is 3.12. The van der Waals surface area contributed by atoms with E-state index in [1.807, 2.05) is 34.1 Å². The Morgan fingerprint density at radius 1 is 1.19 bits per heavy atom. The number of hydrogen-bond acceptors (Lipinski definition) is 7. The summed E-state index contributed by atoms with van der Waals surface area (Å²) in [5, 5.41) is 11.3. The largest absolute Gasteiger partial charge is 0.494 e. The summed E-state index contributed by atoms with van der Waals surface area (Å²) < 4.78 is 24.6. The molecule has 2 aromatic carbocycles. The van der Waals surface area contributed by atoms with E-state index in [4.69, 9.17) is 9.15 Å². The fourth-order valence-electron chi connectivity index (χ4n) is 3.22. The lowest BCUT2D eigenvalue weighted by Gasteiger charge is -2.35. The maximum absolute atomic E-state index is 13.9. The number of fused-ring (bicyclic) bond motifs is 1. The monoisotopic (exact) mass is 372 g/mol. The number of methoxy groups -OCH3 is 1. The van der Waals surface area contributed by atoms with Crippen molar-refractivity contribution in [2.75, 3.05) is 43.1 Å². The van der Waals surface area contributed by atoms with Crippen molar-refractivity contribution in [2.45, 2.75) is 0 Å². The molecule has 1 aromatic heterocycles. The zero-order valence-electron chi connectivity index (χ0n) is 14.6. The van der Waals surface area contributed by atoms with E-state index in [-0.39, 0.29) is 11.4 Å². The molecule has 9 heteroatoms. The first-order chi connectivity index (χ1) is 13.1. The summed E-state index contributed by atoms with van der Waals surface area (Å²) in [7, 11) is 1.33. The van der Waals surface area contributed by atoms with Crippen LogP contribution in [0.5, 0.6) is 5.75 Å². The van der Waals surface area contributed by atoms with Gasteiger partial charge in [0, 0.05) is 32.2 Å². The zero-order chi connectivity index (χ0) is 19.0. The number of halogens is 1. The van der Waals surface area contributed by atoms with Crippen LogP contribution in [0.3, 0.4) is 0 Å². The highest BCUT2D eigenvalue weighted by atomic mass is 19.1. The van der Waals surface area contributed by atoms with E-state index >= 15 is 0 Å². The highest BCUT2D eigenvalue weighted by molar-refractivity contribution is 5.74. The van der Waals surface area contributed by atoms with Crippen molar-refractivity contribution in [1.82, 2.24) is 4.98 Å². The minimum atomic E-state index is -0.752. The lowest BCUT2D eigenvalue weighted by atomic mass is 10.2. The third-order valence-electron chi connectivity index (χ3n) is 4.62. The van der Waals surface area contributed by atoms with Crippen LogP contribution in [0.25, 0.3) is 11.1 Å². The first-order valence-electron chi connectivity index (χ1n) is 8.44. The van der Waals surface area contributed by atoms with Crippen molar-refractivity contribution in [3.8, 4) is 5.75 Å². The van der Waals surface area contributed by atoms with Gasteiger partial charge in [-0.2, -0.15) is 4.98 Å². The summed E-state index contributed by atoms with van der Waals surface area (Å²) in [4.78, 5) is 19.1. The Hall–Kier alpha value is -3.36. The molecule has 8 nitrogen and oxygen atoms in total. The van der Waals surface area contributed by atoms with Crippen molar-refractivity contribution >= 4 is 28.5 Å². The van der Waals surface area contributed by atoms with Crippen molar-refractivity contribution in [2.24, 2.45) is 0 Å². The molecule has 140 valence electrons. The van der Waals surface area contributed by atoms with Crippen molar-refractivity contribution in [3.05, 3.63) is 52.3 Å². The van der Waals surface area contributed by atoms with Gasteiger partial charge in [0.25, 0.3) is 11.7 Å². The Morgan fingerprint density at radius 3 is 2.56 bits per heavy atom. The van der Waals surface area contributed by atoms with Crippen LogP contribution in [0.15, 0.2) is 40.8 Å². The number of nitro groups is 1. The number of hydrogen-bond donors (Lipinski definition) is 0. The number of aromatic nitrogens is 1. The Bertz CT molecular complexity index is 965. The van der Waals surface area contributed by atoms with Crippen LogP contribution in [0.2, 0.25) is 0 Å². The molecule has 0 N–H and O–H groups in total. The van der Waals surface area contributed by atoms with E-state index in [2.05, 4.69) is 4.98 Å². The predicted molar refractivity (Wildman–Crippen MR) is 98.0 cm³/mol. The molecule has 0 unspecified atom stereocenters. The molecule has 27 heavy (non-hydrogen) atoms. The van der Waals surface area contributed by atoms with Gasteiger partial charge in [-0.1, -0.05) is 12.1 Å². The Morgan fingerprint density at radius 2 is 1.89 bits per heavy atom. The normalized spacial score (nSPS) is 14.6. The van der Waals surface area contributed by atoms with Gasteiger partial charge >= 0.3 is 0 Å². The van der Waals surface area contributed by atoms with Crippen LogP contribution in [0.4, 0.5) is 21.8 Å². The zero-order valence-corrected chi connectivity index (χ0v) is 14.6. The van der Waals surface area contributed by atoms with Crippen molar-refractivity contribution < 1.29 is 18.5 Å². The minimum Gasteiger partial charge on any atom is -0.494 e. The first kappa shape index (κ1) is 17.1. The van der Waals surface area contributed by atoms with Gasteiger partial charge in [0.15, 0.2) is 17.1 Å². The van der Waals surface area contributed by atoms with Gasteiger partial charge in [0.1, 0.15) is 11.2 Å². The first-order valence-corrected chi connectivity index (χ1v) is 8.44. The van der Waals surface area contributed by atoms with Crippen LogP contribution in [0.1, 0.15) is 0 Å². The lowest BCUT2D eigenvalue weighted by molar-refractivity contribution is -0.384.